The van der Waals surface area contributed by atoms with Gasteiger partial charge in [0.2, 0.25) is 0 Å². The Hall–Kier alpha value is -1.18. The molecule has 2 atom stereocenters. The lowest BCUT2D eigenvalue weighted by Crippen LogP contribution is -2.08. The maximum atomic E-state index is 6.22. The quantitative estimate of drug-likeness (QED) is 0.719. The summed E-state index contributed by atoms with van der Waals surface area (Å²) in [6.45, 7) is 8.86. The highest BCUT2D eigenvalue weighted by Crippen LogP contribution is 2.36. The van der Waals surface area contributed by atoms with Crippen LogP contribution in [0, 0.1) is 0 Å². The summed E-state index contributed by atoms with van der Waals surface area (Å²) < 4.78 is 0. The van der Waals surface area contributed by atoms with E-state index in [0.29, 0.717) is 11.8 Å². The fourth-order valence-corrected chi connectivity index (χ4v) is 2.71. The normalized spacial score (nSPS) is 14.4. The molecule has 1 aromatic rings. The van der Waals surface area contributed by atoms with Crippen molar-refractivity contribution in [3.8, 4) is 0 Å². The molecule has 0 saturated carbocycles. The third-order valence-electron chi connectivity index (χ3n) is 3.86. The maximum Gasteiger partial charge on any atom is 0.0586 e. The van der Waals surface area contributed by atoms with E-state index in [1.165, 1.54) is 24.0 Å². The highest BCUT2D eigenvalue weighted by molar-refractivity contribution is 5.72. The Morgan fingerprint density at radius 1 is 0.833 bits per heavy atom. The monoisotopic (exact) mass is 248 g/mol. The maximum absolute atomic E-state index is 6.22. The van der Waals surface area contributed by atoms with Gasteiger partial charge in [0.25, 0.3) is 0 Å². The number of rotatable bonds is 6. The summed E-state index contributed by atoms with van der Waals surface area (Å²) in [7, 11) is 0. The van der Waals surface area contributed by atoms with Crippen LogP contribution in [0.3, 0.4) is 0 Å². The zero-order valence-corrected chi connectivity index (χ0v) is 12.3. The van der Waals surface area contributed by atoms with Crippen LogP contribution in [0.5, 0.6) is 0 Å². The average molecular weight is 248 g/mol. The Kier molecular flexibility index (Phi) is 5.52. The molecule has 2 heteroatoms. The molecule has 0 unspecified atom stereocenters. The van der Waals surface area contributed by atoms with Gasteiger partial charge in [0, 0.05) is 0 Å². The molecule has 4 N–H and O–H groups in total. The van der Waals surface area contributed by atoms with Crippen LogP contribution >= 0.6 is 0 Å². The van der Waals surface area contributed by atoms with E-state index in [-0.39, 0.29) is 0 Å². The number of hydrogen-bond donors (Lipinski definition) is 2. The molecule has 0 aliphatic heterocycles. The molecule has 0 saturated heterocycles. The van der Waals surface area contributed by atoms with Crippen molar-refractivity contribution in [1.82, 2.24) is 0 Å². The highest BCUT2D eigenvalue weighted by atomic mass is 14.7. The number of anilines is 2. The Labute approximate surface area is 112 Å². The van der Waals surface area contributed by atoms with Gasteiger partial charge in [-0.25, -0.2) is 0 Å². The highest BCUT2D eigenvalue weighted by Gasteiger charge is 2.15. The third-order valence-corrected chi connectivity index (χ3v) is 3.86. The number of benzene rings is 1. The first-order valence-electron chi connectivity index (χ1n) is 7.20. The molecule has 0 amide bonds. The average Bonchev–Trinajstić information content (AvgIpc) is 2.33. The van der Waals surface area contributed by atoms with Gasteiger partial charge in [-0.3, -0.25) is 0 Å². The lowest BCUT2D eigenvalue weighted by atomic mass is 9.88. The van der Waals surface area contributed by atoms with Crippen molar-refractivity contribution in [2.24, 2.45) is 0 Å². The first-order valence-corrected chi connectivity index (χ1v) is 7.20. The van der Waals surface area contributed by atoms with Gasteiger partial charge in [-0.2, -0.15) is 0 Å². The van der Waals surface area contributed by atoms with Crippen molar-refractivity contribution >= 4 is 11.4 Å². The summed E-state index contributed by atoms with van der Waals surface area (Å²) in [6.07, 6.45) is 4.67. The van der Waals surface area contributed by atoms with E-state index in [4.69, 9.17) is 11.5 Å². The van der Waals surface area contributed by atoms with Crippen LogP contribution in [0.4, 0.5) is 11.4 Å². The van der Waals surface area contributed by atoms with Crippen LogP contribution < -0.4 is 11.5 Å². The van der Waals surface area contributed by atoms with Crippen LogP contribution in [0.25, 0.3) is 0 Å². The third kappa shape index (κ3) is 3.18. The van der Waals surface area contributed by atoms with Crippen LogP contribution in [0.1, 0.15) is 76.3 Å². The number of nitrogen functional groups attached to an aromatic ring is 2. The van der Waals surface area contributed by atoms with Crippen LogP contribution in [-0.4, -0.2) is 0 Å². The minimum atomic E-state index is 0.493. The molecule has 0 aromatic heterocycles. The fraction of sp³-hybridized carbons (Fsp3) is 0.625. The van der Waals surface area contributed by atoms with Crippen LogP contribution in [-0.2, 0) is 0 Å². The number of hydrogen-bond acceptors (Lipinski definition) is 2. The van der Waals surface area contributed by atoms with Crippen molar-refractivity contribution in [3.63, 3.8) is 0 Å². The van der Waals surface area contributed by atoms with Gasteiger partial charge >= 0.3 is 0 Å². The largest absolute Gasteiger partial charge is 0.397 e. The Morgan fingerprint density at radius 2 is 1.17 bits per heavy atom. The van der Waals surface area contributed by atoms with Crippen molar-refractivity contribution in [3.05, 3.63) is 23.3 Å². The van der Waals surface area contributed by atoms with Gasteiger partial charge in [-0.15, -0.1) is 0 Å². The van der Waals surface area contributed by atoms with Crippen molar-refractivity contribution < 1.29 is 0 Å². The zero-order chi connectivity index (χ0) is 13.7. The predicted octanol–water partition coefficient (Wildman–Crippen LogP) is 4.66. The predicted molar refractivity (Wildman–Crippen MR) is 81.9 cm³/mol. The van der Waals surface area contributed by atoms with Crippen molar-refractivity contribution in [2.45, 2.75) is 65.2 Å². The molecule has 0 aliphatic carbocycles. The summed E-state index contributed by atoms with van der Waals surface area (Å²) in [6, 6.07) is 4.35. The van der Waals surface area contributed by atoms with Gasteiger partial charge in [-0.05, 0) is 35.8 Å². The van der Waals surface area contributed by atoms with E-state index in [1.54, 1.807) is 0 Å². The molecule has 0 heterocycles. The molecule has 1 aromatic carbocycles. The SMILES string of the molecule is CCC[C@@H](C)c1ccc([C@H](C)CCC)c(N)c1N. The first kappa shape index (κ1) is 14.9. The zero-order valence-electron chi connectivity index (χ0n) is 12.3. The lowest BCUT2D eigenvalue weighted by Gasteiger charge is -2.20. The smallest absolute Gasteiger partial charge is 0.0586 e. The first-order chi connectivity index (χ1) is 8.52. The summed E-state index contributed by atoms with van der Waals surface area (Å²) in [5.74, 6) is 0.987. The van der Waals surface area contributed by atoms with Crippen molar-refractivity contribution in [2.75, 3.05) is 11.5 Å². The standard InChI is InChI=1S/C16H28N2/c1-5-7-11(3)13-9-10-14(12(4)8-6-2)16(18)15(13)17/h9-12H,5-8,17-18H2,1-4H3/t11-,12-/m1/s1. The van der Waals surface area contributed by atoms with Crippen LogP contribution in [0.15, 0.2) is 12.1 Å². The van der Waals surface area contributed by atoms with E-state index < -0.39 is 0 Å². The minimum Gasteiger partial charge on any atom is -0.397 e. The Bertz CT molecular complexity index is 348. The van der Waals surface area contributed by atoms with Gasteiger partial charge in [0.15, 0.2) is 0 Å². The second kappa shape index (κ2) is 6.67. The molecule has 0 radical (unpaired) electrons. The molecule has 0 aliphatic rings. The number of nitrogens with two attached hydrogens (primary N) is 2. The van der Waals surface area contributed by atoms with Crippen molar-refractivity contribution in [1.29, 1.82) is 0 Å². The molecule has 0 spiro atoms. The summed E-state index contributed by atoms with van der Waals surface area (Å²) >= 11 is 0. The van der Waals surface area contributed by atoms with E-state index >= 15 is 0 Å². The van der Waals surface area contributed by atoms with E-state index in [1.807, 2.05) is 0 Å². The summed E-state index contributed by atoms with van der Waals surface area (Å²) in [5.41, 5.74) is 16.5. The molecule has 0 bridgehead atoms. The fourth-order valence-electron chi connectivity index (χ4n) is 2.71. The molecule has 1 rings (SSSR count). The molecule has 18 heavy (non-hydrogen) atoms. The van der Waals surface area contributed by atoms with E-state index in [0.717, 1.165) is 24.2 Å². The topological polar surface area (TPSA) is 52.0 Å². The van der Waals surface area contributed by atoms with E-state index in [9.17, 15) is 0 Å². The second-order valence-electron chi connectivity index (χ2n) is 5.45. The van der Waals surface area contributed by atoms with E-state index in [2.05, 4.69) is 39.8 Å². The van der Waals surface area contributed by atoms with Gasteiger partial charge < -0.3 is 11.5 Å². The van der Waals surface area contributed by atoms with Gasteiger partial charge in [0.1, 0.15) is 0 Å². The lowest BCUT2D eigenvalue weighted by molar-refractivity contribution is 0.658. The molecule has 102 valence electrons. The Morgan fingerprint density at radius 3 is 1.44 bits per heavy atom. The summed E-state index contributed by atoms with van der Waals surface area (Å²) in [5, 5.41) is 0. The molecule has 2 nitrogen and oxygen atoms in total. The van der Waals surface area contributed by atoms with Gasteiger partial charge in [-0.1, -0.05) is 52.7 Å². The molecular weight excluding hydrogens is 220 g/mol. The second-order valence-corrected chi connectivity index (χ2v) is 5.45. The van der Waals surface area contributed by atoms with Gasteiger partial charge in [0.05, 0.1) is 11.4 Å². The van der Waals surface area contributed by atoms with Crippen LogP contribution in [0.2, 0.25) is 0 Å². The molecule has 0 fully saturated rings. The Balaban J connectivity index is 3.04. The minimum absolute atomic E-state index is 0.493. The molecular formula is C16H28N2. The summed E-state index contributed by atoms with van der Waals surface area (Å²) in [4.78, 5) is 0.